The van der Waals surface area contributed by atoms with Crippen LogP contribution in [0.4, 0.5) is 0 Å². The van der Waals surface area contributed by atoms with Crippen molar-refractivity contribution >= 4 is 6.29 Å². The van der Waals surface area contributed by atoms with Crippen LogP contribution in [0, 0.1) is 0 Å². The van der Waals surface area contributed by atoms with Crippen LogP contribution in [0.3, 0.4) is 0 Å². The number of carbonyl (C=O) groups excluding carboxylic acids is 1. The minimum atomic E-state index is 0.451. The lowest BCUT2D eigenvalue weighted by Gasteiger charge is -2.08. The Bertz CT molecular complexity index is 629. The fourth-order valence-corrected chi connectivity index (χ4v) is 2.29. The van der Waals surface area contributed by atoms with Crippen molar-refractivity contribution in [1.82, 2.24) is 0 Å². The van der Waals surface area contributed by atoms with Crippen molar-refractivity contribution in [3.63, 3.8) is 0 Å². The number of ether oxygens (including phenoxy) is 5. The first-order valence-corrected chi connectivity index (χ1v) is 9.41. The van der Waals surface area contributed by atoms with Crippen molar-refractivity contribution in [2.75, 3.05) is 52.9 Å². The molecule has 2 aromatic rings. The van der Waals surface area contributed by atoms with Crippen LogP contribution in [-0.4, -0.2) is 59.1 Å². The Morgan fingerprint density at radius 3 is 1.71 bits per heavy atom. The van der Waals surface area contributed by atoms with Gasteiger partial charge in [-0.1, -0.05) is 30.3 Å². The van der Waals surface area contributed by atoms with Crippen molar-refractivity contribution in [2.45, 2.75) is 6.61 Å². The molecule has 0 aliphatic carbocycles. The first-order valence-electron chi connectivity index (χ1n) is 9.41. The standard InChI is InChI=1S/C22H28O6/c23-18-20-6-8-22(9-7-20)28-17-16-26-13-12-24-10-11-25-14-15-27-19-21-4-2-1-3-5-21/h1-9,18H,10-17,19H2. The van der Waals surface area contributed by atoms with Crippen LogP contribution in [0.2, 0.25) is 0 Å². The maximum Gasteiger partial charge on any atom is 0.150 e. The minimum Gasteiger partial charge on any atom is -0.491 e. The number of carbonyl (C=O) groups is 1. The Kier molecular flexibility index (Phi) is 11.6. The van der Waals surface area contributed by atoms with Crippen LogP contribution in [-0.2, 0) is 25.6 Å². The predicted octanol–water partition coefficient (Wildman–Crippen LogP) is 3.14. The summed E-state index contributed by atoms with van der Waals surface area (Å²) in [5.41, 5.74) is 1.79. The molecule has 6 heteroatoms. The van der Waals surface area contributed by atoms with Gasteiger partial charge in [0.25, 0.3) is 0 Å². The van der Waals surface area contributed by atoms with E-state index < -0.39 is 0 Å². The molecular formula is C22H28O6. The van der Waals surface area contributed by atoms with Gasteiger partial charge in [0.2, 0.25) is 0 Å². The van der Waals surface area contributed by atoms with Gasteiger partial charge in [-0.2, -0.15) is 0 Å². The highest BCUT2D eigenvalue weighted by molar-refractivity contribution is 5.74. The van der Waals surface area contributed by atoms with E-state index in [0.717, 1.165) is 17.6 Å². The number of rotatable bonds is 16. The highest BCUT2D eigenvalue weighted by Crippen LogP contribution is 2.10. The third-order valence-electron chi connectivity index (χ3n) is 3.74. The molecule has 0 bridgehead atoms. The number of hydrogen-bond acceptors (Lipinski definition) is 6. The number of hydrogen-bond donors (Lipinski definition) is 0. The van der Waals surface area contributed by atoms with Crippen molar-refractivity contribution in [3.05, 3.63) is 65.7 Å². The normalized spacial score (nSPS) is 10.7. The van der Waals surface area contributed by atoms with E-state index in [9.17, 15) is 4.79 Å². The van der Waals surface area contributed by atoms with Crippen LogP contribution >= 0.6 is 0 Å². The Balaban J connectivity index is 1.31. The molecule has 0 amide bonds. The van der Waals surface area contributed by atoms with Crippen molar-refractivity contribution in [3.8, 4) is 5.75 Å². The summed E-state index contributed by atoms with van der Waals surface area (Å²) in [6.45, 7) is 4.74. The largest absolute Gasteiger partial charge is 0.491 e. The monoisotopic (exact) mass is 388 g/mol. The van der Waals surface area contributed by atoms with E-state index in [1.807, 2.05) is 30.3 Å². The van der Waals surface area contributed by atoms with Crippen molar-refractivity contribution in [1.29, 1.82) is 0 Å². The molecule has 0 aliphatic rings. The van der Waals surface area contributed by atoms with Gasteiger partial charge in [-0.15, -0.1) is 0 Å². The predicted molar refractivity (Wildman–Crippen MR) is 106 cm³/mol. The van der Waals surface area contributed by atoms with Gasteiger partial charge < -0.3 is 23.7 Å². The van der Waals surface area contributed by atoms with Gasteiger partial charge in [0, 0.05) is 5.56 Å². The zero-order chi connectivity index (χ0) is 19.7. The third kappa shape index (κ3) is 10.2. The molecule has 2 rings (SSSR count). The molecule has 0 fully saturated rings. The molecule has 0 saturated carbocycles. The van der Waals surface area contributed by atoms with Crippen molar-refractivity contribution in [2.24, 2.45) is 0 Å². The molecule has 0 aromatic heterocycles. The van der Waals surface area contributed by atoms with Gasteiger partial charge in [0.15, 0.2) is 0 Å². The fourth-order valence-electron chi connectivity index (χ4n) is 2.29. The summed E-state index contributed by atoms with van der Waals surface area (Å²) >= 11 is 0. The average Bonchev–Trinajstić information content (AvgIpc) is 2.75. The second-order valence-corrected chi connectivity index (χ2v) is 5.91. The first-order chi connectivity index (χ1) is 13.9. The molecular weight excluding hydrogens is 360 g/mol. The molecule has 0 radical (unpaired) electrons. The summed E-state index contributed by atoms with van der Waals surface area (Å²) in [6.07, 6.45) is 0.803. The summed E-state index contributed by atoms with van der Waals surface area (Å²) in [6, 6.07) is 17.0. The van der Waals surface area contributed by atoms with E-state index in [1.54, 1.807) is 24.3 Å². The summed E-state index contributed by atoms with van der Waals surface area (Å²) < 4.78 is 27.4. The average molecular weight is 388 g/mol. The van der Waals surface area contributed by atoms with Gasteiger partial charge in [0.1, 0.15) is 18.6 Å². The van der Waals surface area contributed by atoms with Crippen LogP contribution in [0.5, 0.6) is 5.75 Å². The third-order valence-corrected chi connectivity index (χ3v) is 3.74. The fraction of sp³-hybridized carbons (Fsp3) is 0.409. The molecule has 0 aliphatic heterocycles. The van der Waals surface area contributed by atoms with Gasteiger partial charge in [-0.3, -0.25) is 4.79 Å². The maximum absolute atomic E-state index is 10.6. The minimum absolute atomic E-state index is 0.451. The molecule has 6 nitrogen and oxygen atoms in total. The smallest absolute Gasteiger partial charge is 0.150 e. The molecule has 0 saturated heterocycles. The second kappa shape index (κ2) is 14.8. The molecule has 0 N–H and O–H groups in total. The zero-order valence-electron chi connectivity index (χ0n) is 16.1. The number of benzene rings is 2. The van der Waals surface area contributed by atoms with E-state index in [-0.39, 0.29) is 0 Å². The van der Waals surface area contributed by atoms with Crippen LogP contribution < -0.4 is 4.74 Å². The first kappa shape index (κ1) is 22.0. The van der Waals surface area contributed by atoms with Crippen LogP contribution in [0.1, 0.15) is 15.9 Å². The van der Waals surface area contributed by atoms with Crippen molar-refractivity contribution < 1.29 is 28.5 Å². The van der Waals surface area contributed by atoms with Gasteiger partial charge in [-0.05, 0) is 29.8 Å². The Morgan fingerprint density at radius 1 is 0.607 bits per heavy atom. The quantitative estimate of drug-likeness (QED) is 0.325. The molecule has 0 atom stereocenters. The molecule has 0 unspecified atom stereocenters. The summed E-state index contributed by atoms with van der Waals surface area (Å²) in [5.74, 6) is 0.718. The molecule has 152 valence electrons. The lowest BCUT2D eigenvalue weighted by Crippen LogP contribution is -2.13. The molecule has 0 heterocycles. The Hall–Kier alpha value is -2.25. The van der Waals surface area contributed by atoms with E-state index in [4.69, 9.17) is 23.7 Å². The highest BCUT2D eigenvalue weighted by Gasteiger charge is 1.96. The van der Waals surface area contributed by atoms with E-state index in [0.29, 0.717) is 65.0 Å². The topological polar surface area (TPSA) is 63.2 Å². The zero-order valence-corrected chi connectivity index (χ0v) is 16.1. The molecule has 0 spiro atoms. The van der Waals surface area contributed by atoms with Crippen LogP contribution in [0.25, 0.3) is 0 Å². The SMILES string of the molecule is O=Cc1ccc(OCCOCCOCCOCCOCc2ccccc2)cc1. The maximum atomic E-state index is 10.6. The van der Waals surface area contributed by atoms with Gasteiger partial charge in [0.05, 0.1) is 52.9 Å². The highest BCUT2D eigenvalue weighted by atomic mass is 16.6. The molecule has 2 aromatic carbocycles. The Labute approximate surface area is 166 Å². The van der Waals surface area contributed by atoms with E-state index >= 15 is 0 Å². The van der Waals surface area contributed by atoms with Gasteiger partial charge in [-0.25, -0.2) is 0 Å². The van der Waals surface area contributed by atoms with E-state index in [2.05, 4.69) is 0 Å². The van der Waals surface area contributed by atoms with E-state index in [1.165, 1.54) is 0 Å². The molecule has 28 heavy (non-hydrogen) atoms. The lowest BCUT2D eigenvalue weighted by atomic mass is 10.2. The van der Waals surface area contributed by atoms with Crippen LogP contribution in [0.15, 0.2) is 54.6 Å². The summed E-state index contributed by atoms with van der Waals surface area (Å²) in [4.78, 5) is 10.6. The summed E-state index contributed by atoms with van der Waals surface area (Å²) in [7, 11) is 0. The van der Waals surface area contributed by atoms with Gasteiger partial charge >= 0.3 is 0 Å². The second-order valence-electron chi connectivity index (χ2n) is 5.91. The summed E-state index contributed by atoms with van der Waals surface area (Å²) in [5, 5.41) is 0. The number of aldehydes is 1. The Morgan fingerprint density at radius 2 is 1.14 bits per heavy atom. The lowest BCUT2D eigenvalue weighted by molar-refractivity contribution is -0.00659.